The first-order valence-electron chi connectivity index (χ1n) is 6.24. The van der Waals surface area contributed by atoms with E-state index in [4.69, 9.17) is 0 Å². The Balaban J connectivity index is 1.97. The van der Waals surface area contributed by atoms with Crippen LogP contribution in [0.4, 0.5) is 11.8 Å². The zero-order valence-electron chi connectivity index (χ0n) is 10.4. The van der Waals surface area contributed by atoms with Crippen molar-refractivity contribution in [2.45, 2.75) is 18.9 Å². The standard InChI is InChI=1S/C14H16N4/c1-15-13-9-12(10-5-3-2-4-6-10)17-14(18-13)16-11-7-8-11/h2-6,9,11H,7-8H2,1H3,(H2,15,16,17,18). The fourth-order valence-electron chi connectivity index (χ4n) is 1.81. The quantitative estimate of drug-likeness (QED) is 0.862. The number of hydrogen-bond acceptors (Lipinski definition) is 4. The molecule has 0 aliphatic heterocycles. The van der Waals surface area contributed by atoms with Crippen LogP contribution in [0.1, 0.15) is 12.8 Å². The van der Waals surface area contributed by atoms with E-state index in [0.717, 1.165) is 17.1 Å². The van der Waals surface area contributed by atoms with Crippen LogP contribution in [0.3, 0.4) is 0 Å². The van der Waals surface area contributed by atoms with Crippen LogP contribution in [0.2, 0.25) is 0 Å². The summed E-state index contributed by atoms with van der Waals surface area (Å²) in [5.74, 6) is 1.55. The molecule has 18 heavy (non-hydrogen) atoms. The Labute approximate surface area is 106 Å². The highest BCUT2D eigenvalue weighted by molar-refractivity contribution is 5.64. The molecule has 1 heterocycles. The SMILES string of the molecule is CNc1cc(-c2ccccc2)nc(NC2CC2)n1. The number of anilines is 2. The fourth-order valence-corrected chi connectivity index (χ4v) is 1.81. The zero-order chi connectivity index (χ0) is 12.4. The Morgan fingerprint density at radius 3 is 2.56 bits per heavy atom. The van der Waals surface area contributed by atoms with Crippen molar-refractivity contribution in [3.63, 3.8) is 0 Å². The summed E-state index contributed by atoms with van der Waals surface area (Å²) in [5.41, 5.74) is 2.05. The number of hydrogen-bond donors (Lipinski definition) is 2. The van der Waals surface area contributed by atoms with E-state index in [2.05, 4.69) is 32.7 Å². The first-order chi connectivity index (χ1) is 8.85. The monoisotopic (exact) mass is 240 g/mol. The molecular weight excluding hydrogens is 224 g/mol. The molecule has 1 saturated carbocycles. The van der Waals surface area contributed by atoms with E-state index in [-0.39, 0.29) is 0 Å². The molecule has 1 fully saturated rings. The van der Waals surface area contributed by atoms with E-state index in [0.29, 0.717) is 12.0 Å². The minimum Gasteiger partial charge on any atom is -0.373 e. The molecule has 0 amide bonds. The van der Waals surface area contributed by atoms with Crippen molar-refractivity contribution in [1.29, 1.82) is 0 Å². The molecule has 0 saturated heterocycles. The van der Waals surface area contributed by atoms with Crippen molar-refractivity contribution in [3.8, 4) is 11.3 Å². The summed E-state index contributed by atoms with van der Waals surface area (Å²) in [4.78, 5) is 8.99. The van der Waals surface area contributed by atoms with Crippen molar-refractivity contribution >= 4 is 11.8 Å². The van der Waals surface area contributed by atoms with Crippen molar-refractivity contribution in [1.82, 2.24) is 9.97 Å². The second-order valence-corrected chi connectivity index (χ2v) is 4.50. The molecular formula is C14H16N4. The molecule has 0 atom stereocenters. The van der Waals surface area contributed by atoms with Crippen molar-refractivity contribution in [3.05, 3.63) is 36.4 Å². The van der Waals surface area contributed by atoms with E-state index >= 15 is 0 Å². The van der Waals surface area contributed by atoms with Gasteiger partial charge in [-0.05, 0) is 12.8 Å². The highest BCUT2D eigenvalue weighted by Crippen LogP contribution is 2.26. The maximum Gasteiger partial charge on any atom is 0.225 e. The number of rotatable bonds is 4. The van der Waals surface area contributed by atoms with Gasteiger partial charge in [-0.1, -0.05) is 30.3 Å². The lowest BCUT2D eigenvalue weighted by Gasteiger charge is -2.09. The minimum absolute atomic E-state index is 0.556. The van der Waals surface area contributed by atoms with E-state index in [1.165, 1.54) is 12.8 Å². The number of benzene rings is 1. The zero-order valence-corrected chi connectivity index (χ0v) is 10.4. The Kier molecular flexibility index (Phi) is 2.84. The number of aromatic nitrogens is 2. The summed E-state index contributed by atoms with van der Waals surface area (Å²) in [7, 11) is 1.87. The smallest absolute Gasteiger partial charge is 0.225 e. The van der Waals surface area contributed by atoms with E-state index in [1.54, 1.807) is 0 Å². The van der Waals surface area contributed by atoms with Crippen LogP contribution in [-0.2, 0) is 0 Å². The van der Waals surface area contributed by atoms with Gasteiger partial charge in [0.1, 0.15) is 5.82 Å². The number of nitrogens with one attached hydrogen (secondary N) is 2. The third-order valence-corrected chi connectivity index (χ3v) is 2.96. The maximum atomic E-state index is 4.57. The van der Waals surface area contributed by atoms with Crippen LogP contribution < -0.4 is 10.6 Å². The summed E-state index contributed by atoms with van der Waals surface area (Å²) in [5, 5.41) is 6.42. The summed E-state index contributed by atoms with van der Waals surface area (Å²) >= 11 is 0. The Hall–Kier alpha value is -2.10. The van der Waals surface area contributed by atoms with Gasteiger partial charge in [0.05, 0.1) is 5.69 Å². The molecule has 2 aromatic rings. The summed E-state index contributed by atoms with van der Waals surface area (Å²) in [6.07, 6.45) is 2.43. The molecule has 0 unspecified atom stereocenters. The van der Waals surface area contributed by atoms with Crippen molar-refractivity contribution in [2.24, 2.45) is 0 Å². The van der Waals surface area contributed by atoms with Gasteiger partial charge in [0, 0.05) is 24.7 Å². The maximum absolute atomic E-state index is 4.57. The third-order valence-electron chi connectivity index (χ3n) is 2.96. The lowest BCUT2D eigenvalue weighted by molar-refractivity contribution is 1.06. The van der Waals surface area contributed by atoms with E-state index < -0.39 is 0 Å². The fraction of sp³-hybridized carbons (Fsp3) is 0.286. The topological polar surface area (TPSA) is 49.8 Å². The van der Waals surface area contributed by atoms with Gasteiger partial charge in [0.25, 0.3) is 0 Å². The average Bonchev–Trinajstić information content (AvgIpc) is 3.23. The van der Waals surface area contributed by atoms with Gasteiger partial charge < -0.3 is 10.6 Å². The normalized spacial score (nSPS) is 14.3. The summed E-state index contributed by atoms with van der Waals surface area (Å²) in [6, 6.07) is 12.7. The predicted octanol–water partition coefficient (Wildman–Crippen LogP) is 2.76. The van der Waals surface area contributed by atoms with Gasteiger partial charge in [-0.2, -0.15) is 4.98 Å². The molecule has 4 nitrogen and oxygen atoms in total. The molecule has 0 spiro atoms. The van der Waals surface area contributed by atoms with Crippen LogP contribution in [0.5, 0.6) is 0 Å². The van der Waals surface area contributed by atoms with Crippen LogP contribution >= 0.6 is 0 Å². The van der Waals surface area contributed by atoms with Gasteiger partial charge in [-0.15, -0.1) is 0 Å². The molecule has 0 radical (unpaired) electrons. The Morgan fingerprint density at radius 2 is 1.89 bits per heavy atom. The van der Waals surface area contributed by atoms with Gasteiger partial charge in [0.15, 0.2) is 0 Å². The Bertz CT molecular complexity index is 535. The minimum atomic E-state index is 0.556. The van der Waals surface area contributed by atoms with E-state index in [9.17, 15) is 0 Å². The van der Waals surface area contributed by atoms with Crippen LogP contribution in [0.15, 0.2) is 36.4 Å². The second kappa shape index (κ2) is 4.64. The second-order valence-electron chi connectivity index (χ2n) is 4.50. The van der Waals surface area contributed by atoms with Gasteiger partial charge >= 0.3 is 0 Å². The molecule has 1 aromatic heterocycles. The molecule has 2 N–H and O–H groups in total. The highest BCUT2D eigenvalue weighted by atomic mass is 15.2. The molecule has 4 heteroatoms. The third kappa shape index (κ3) is 2.42. The van der Waals surface area contributed by atoms with Crippen LogP contribution in [-0.4, -0.2) is 23.1 Å². The van der Waals surface area contributed by atoms with Crippen LogP contribution in [0.25, 0.3) is 11.3 Å². The predicted molar refractivity (Wildman–Crippen MR) is 73.7 cm³/mol. The molecule has 0 bridgehead atoms. The van der Waals surface area contributed by atoms with Gasteiger partial charge in [-0.3, -0.25) is 0 Å². The largest absolute Gasteiger partial charge is 0.373 e. The van der Waals surface area contributed by atoms with Gasteiger partial charge in [0.2, 0.25) is 5.95 Å². The molecule has 3 rings (SSSR count). The molecule has 92 valence electrons. The lowest BCUT2D eigenvalue weighted by atomic mass is 10.1. The highest BCUT2D eigenvalue weighted by Gasteiger charge is 2.22. The van der Waals surface area contributed by atoms with Gasteiger partial charge in [-0.25, -0.2) is 4.98 Å². The molecule has 1 aromatic carbocycles. The van der Waals surface area contributed by atoms with Crippen molar-refractivity contribution in [2.75, 3.05) is 17.7 Å². The van der Waals surface area contributed by atoms with Crippen molar-refractivity contribution < 1.29 is 0 Å². The summed E-state index contributed by atoms with van der Waals surface area (Å²) < 4.78 is 0. The Morgan fingerprint density at radius 1 is 1.11 bits per heavy atom. The first-order valence-corrected chi connectivity index (χ1v) is 6.24. The average molecular weight is 240 g/mol. The molecule has 1 aliphatic carbocycles. The molecule has 1 aliphatic rings. The number of nitrogens with zero attached hydrogens (tertiary/aromatic N) is 2. The summed E-state index contributed by atoms with van der Waals surface area (Å²) in [6.45, 7) is 0. The first kappa shape index (κ1) is 11.0. The van der Waals surface area contributed by atoms with E-state index in [1.807, 2.05) is 31.3 Å². The lowest BCUT2D eigenvalue weighted by Crippen LogP contribution is -2.07. The van der Waals surface area contributed by atoms with Crippen LogP contribution in [0, 0.1) is 0 Å².